The van der Waals surface area contributed by atoms with E-state index in [2.05, 4.69) is 48.4 Å². The van der Waals surface area contributed by atoms with Crippen LogP contribution in [0.4, 0.5) is 4.39 Å². The van der Waals surface area contributed by atoms with Gasteiger partial charge in [0.1, 0.15) is 18.0 Å². The van der Waals surface area contributed by atoms with Crippen molar-refractivity contribution in [2.45, 2.75) is 83.1 Å². The molecule has 210 valence electrons. The van der Waals surface area contributed by atoms with Gasteiger partial charge in [-0.25, -0.2) is 9.37 Å². The Morgan fingerprint density at radius 1 is 1.31 bits per heavy atom. The Labute approximate surface area is 230 Å². The summed E-state index contributed by atoms with van der Waals surface area (Å²) in [5.74, 6) is 2.27. The number of hydrogen-bond donors (Lipinski definition) is 3. The summed E-state index contributed by atoms with van der Waals surface area (Å²) in [4.78, 5) is 17.1. The quantitative estimate of drug-likeness (QED) is 0.399. The number of nitrogens with zero attached hydrogens (tertiary/aromatic N) is 1. The molecule has 4 rings (SSSR count). The number of carbonyl (C=O) groups excluding carboxylic acids is 1. The molecule has 1 spiro atoms. The van der Waals surface area contributed by atoms with Crippen molar-refractivity contribution in [3.8, 4) is 18.2 Å². The lowest BCUT2D eigenvalue weighted by Gasteiger charge is -2.47. The van der Waals surface area contributed by atoms with Crippen LogP contribution in [-0.4, -0.2) is 54.0 Å². The molecule has 2 aromatic rings. The van der Waals surface area contributed by atoms with E-state index in [0.717, 1.165) is 43.2 Å². The third kappa shape index (κ3) is 7.57. The summed E-state index contributed by atoms with van der Waals surface area (Å²) in [6, 6.07) is 5.75. The van der Waals surface area contributed by atoms with Crippen molar-refractivity contribution >= 4 is 5.91 Å². The van der Waals surface area contributed by atoms with Crippen LogP contribution in [0.1, 0.15) is 74.8 Å². The standard InChI is InChI=1S/C31H40FN3O4/c1-6-20-10-21(12-23(32)11-20)14-25(35-28(37)19-38-5)27(36)18-33-26-16-31(8-7-9-31)39-29-24(26)13-22(17-34-29)15-30(2,3)4/h1,10-13,17,25-27,33,36H,7-9,14-16,18-19H2,2-5H3,(H,35,37)/t25?,26-,27+/m0/s1. The fraction of sp³-hybridized carbons (Fsp3) is 0.548. The number of rotatable bonds is 10. The van der Waals surface area contributed by atoms with E-state index >= 15 is 0 Å². The van der Waals surface area contributed by atoms with Crippen LogP contribution in [0.3, 0.4) is 0 Å². The number of fused-ring (bicyclic) bond motifs is 1. The molecular formula is C31H40FN3O4. The molecule has 2 heterocycles. The van der Waals surface area contributed by atoms with Crippen LogP contribution in [0, 0.1) is 23.6 Å². The van der Waals surface area contributed by atoms with Crippen LogP contribution < -0.4 is 15.4 Å². The summed E-state index contributed by atoms with van der Waals surface area (Å²) in [5, 5.41) is 17.6. The second kappa shape index (κ2) is 12.0. The van der Waals surface area contributed by atoms with E-state index in [1.165, 1.54) is 19.2 Å². The zero-order chi connectivity index (χ0) is 28.2. The number of aliphatic hydroxyl groups is 1. The SMILES string of the molecule is C#Cc1cc(F)cc(CC(NC(=O)COC)[C@H](O)CN[C@H]2CC3(CCC3)Oc3ncc(CC(C)(C)C)cc32)c1. The van der Waals surface area contributed by atoms with Crippen molar-refractivity contribution in [2.24, 2.45) is 5.41 Å². The summed E-state index contributed by atoms with van der Waals surface area (Å²) in [7, 11) is 1.43. The zero-order valence-electron chi connectivity index (χ0n) is 23.4. The van der Waals surface area contributed by atoms with Crippen LogP contribution >= 0.6 is 0 Å². The number of hydrogen-bond acceptors (Lipinski definition) is 6. The second-order valence-electron chi connectivity index (χ2n) is 12.1. The highest BCUT2D eigenvalue weighted by Gasteiger charge is 2.46. The summed E-state index contributed by atoms with van der Waals surface area (Å²) >= 11 is 0. The van der Waals surface area contributed by atoms with Crippen LogP contribution in [-0.2, 0) is 22.4 Å². The number of aliphatic hydroxyl groups excluding tert-OH is 1. The van der Waals surface area contributed by atoms with Crippen LogP contribution in [0.15, 0.2) is 30.5 Å². The minimum absolute atomic E-state index is 0.0614. The molecule has 0 saturated heterocycles. The first-order valence-corrected chi connectivity index (χ1v) is 13.6. The Hall–Kier alpha value is -2.99. The molecular weight excluding hydrogens is 497 g/mol. The first kappa shape index (κ1) is 29.0. The minimum Gasteiger partial charge on any atom is -0.471 e. The van der Waals surface area contributed by atoms with E-state index < -0.39 is 18.0 Å². The highest BCUT2D eigenvalue weighted by Crippen LogP contribution is 2.48. The van der Waals surface area contributed by atoms with Crippen molar-refractivity contribution < 1.29 is 23.8 Å². The average Bonchev–Trinajstić information content (AvgIpc) is 2.84. The number of terminal acetylenes is 1. The van der Waals surface area contributed by atoms with Crippen molar-refractivity contribution in [3.63, 3.8) is 0 Å². The summed E-state index contributed by atoms with van der Waals surface area (Å²) < 4.78 is 25.5. The molecule has 0 bridgehead atoms. The number of ether oxygens (including phenoxy) is 2. The highest BCUT2D eigenvalue weighted by molar-refractivity contribution is 5.77. The van der Waals surface area contributed by atoms with Crippen LogP contribution in [0.5, 0.6) is 5.88 Å². The van der Waals surface area contributed by atoms with Gasteiger partial charge in [-0.1, -0.05) is 26.7 Å². The van der Waals surface area contributed by atoms with Gasteiger partial charge >= 0.3 is 0 Å². The molecule has 1 fully saturated rings. The number of aromatic nitrogens is 1. The first-order valence-electron chi connectivity index (χ1n) is 13.6. The maximum atomic E-state index is 14.1. The molecule has 7 nitrogen and oxygen atoms in total. The lowest BCUT2D eigenvalue weighted by Crippen LogP contribution is -2.52. The molecule has 3 N–H and O–H groups in total. The van der Waals surface area contributed by atoms with Gasteiger partial charge in [-0.05, 0) is 72.9 Å². The van der Waals surface area contributed by atoms with E-state index in [9.17, 15) is 14.3 Å². The molecule has 1 aliphatic carbocycles. The predicted octanol–water partition coefficient (Wildman–Crippen LogP) is 3.86. The third-order valence-corrected chi connectivity index (χ3v) is 7.44. The van der Waals surface area contributed by atoms with Crippen LogP contribution in [0.25, 0.3) is 0 Å². The Balaban J connectivity index is 1.53. The van der Waals surface area contributed by atoms with Crippen molar-refractivity contribution in [1.29, 1.82) is 0 Å². The molecule has 1 aromatic heterocycles. The molecule has 0 radical (unpaired) electrons. The average molecular weight is 538 g/mol. The Morgan fingerprint density at radius 2 is 2.08 bits per heavy atom. The van der Waals surface area contributed by atoms with E-state index in [0.29, 0.717) is 17.0 Å². The lowest BCUT2D eigenvalue weighted by atomic mass is 9.73. The molecule has 1 saturated carbocycles. The Bertz CT molecular complexity index is 1220. The van der Waals surface area contributed by atoms with Crippen molar-refractivity contribution in [1.82, 2.24) is 15.6 Å². The van der Waals surface area contributed by atoms with Gasteiger partial charge in [-0.3, -0.25) is 4.79 Å². The van der Waals surface area contributed by atoms with E-state index in [4.69, 9.17) is 15.9 Å². The topological polar surface area (TPSA) is 92.7 Å². The van der Waals surface area contributed by atoms with Gasteiger partial charge in [0.05, 0.1) is 12.1 Å². The molecule has 1 unspecified atom stereocenters. The number of methoxy groups -OCH3 is 1. The van der Waals surface area contributed by atoms with Crippen molar-refractivity contribution in [3.05, 3.63) is 58.5 Å². The number of carbonyl (C=O) groups is 1. The largest absolute Gasteiger partial charge is 0.471 e. The van der Waals surface area contributed by atoms with E-state index in [1.807, 2.05) is 6.20 Å². The van der Waals surface area contributed by atoms with Gasteiger partial charge in [0.25, 0.3) is 0 Å². The van der Waals surface area contributed by atoms with Crippen molar-refractivity contribution in [2.75, 3.05) is 20.3 Å². The second-order valence-corrected chi connectivity index (χ2v) is 12.1. The van der Waals surface area contributed by atoms with Gasteiger partial charge in [0, 0.05) is 43.4 Å². The maximum absolute atomic E-state index is 14.1. The highest BCUT2D eigenvalue weighted by atomic mass is 19.1. The Morgan fingerprint density at radius 3 is 2.72 bits per heavy atom. The maximum Gasteiger partial charge on any atom is 0.246 e. The lowest BCUT2D eigenvalue weighted by molar-refractivity contribution is -0.126. The normalized spacial score (nSPS) is 19.3. The number of benzene rings is 1. The summed E-state index contributed by atoms with van der Waals surface area (Å²) in [6.45, 7) is 6.65. The Kier molecular flexibility index (Phi) is 8.95. The molecule has 3 atom stereocenters. The van der Waals surface area contributed by atoms with Gasteiger partial charge in [-0.15, -0.1) is 6.42 Å². The number of amides is 1. The fourth-order valence-electron chi connectivity index (χ4n) is 5.52. The number of nitrogens with one attached hydrogen (secondary N) is 2. The predicted molar refractivity (Wildman–Crippen MR) is 148 cm³/mol. The molecule has 1 aliphatic heterocycles. The van der Waals surface area contributed by atoms with Gasteiger partial charge in [-0.2, -0.15) is 0 Å². The first-order chi connectivity index (χ1) is 18.5. The van der Waals surface area contributed by atoms with Crippen LogP contribution in [0.2, 0.25) is 0 Å². The third-order valence-electron chi connectivity index (χ3n) is 7.44. The van der Waals surface area contributed by atoms with Gasteiger partial charge in [0.2, 0.25) is 11.8 Å². The summed E-state index contributed by atoms with van der Waals surface area (Å²) in [6.07, 6.45) is 11.4. The minimum atomic E-state index is -0.960. The molecule has 2 aliphatic rings. The molecule has 1 aromatic carbocycles. The molecule has 1 amide bonds. The number of pyridine rings is 1. The van der Waals surface area contributed by atoms with E-state index in [-0.39, 0.29) is 42.5 Å². The number of halogens is 1. The van der Waals surface area contributed by atoms with Gasteiger partial charge in [0.15, 0.2) is 0 Å². The van der Waals surface area contributed by atoms with Gasteiger partial charge < -0.3 is 25.2 Å². The molecule has 39 heavy (non-hydrogen) atoms. The fourth-order valence-corrected chi connectivity index (χ4v) is 5.52. The zero-order valence-corrected chi connectivity index (χ0v) is 23.4. The van der Waals surface area contributed by atoms with E-state index in [1.54, 1.807) is 6.07 Å². The smallest absolute Gasteiger partial charge is 0.246 e. The monoisotopic (exact) mass is 537 g/mol. The summed E-state index contributed by atoms with van der Waals surface area (Å²) in [5.41, 5.74) is 3.01. The molecule has 8 heteroatoms.